The molecule has 0 amide bonds. The summed E-state index contributed by atoms with van der Waals surface area (Å²) in [5.74, 6) is 2.05. The van der Waals surface area contributed by atoms with Gasteiger partial charge in [-0.1, -0.05) is 31.7 Å². The van der Waals surface area contributed by atoms with Crippen LogP contribution >= 0.6 is 11.3 Å². The molecule has 0 aliphatic heterocycles. The normalized spacial score (nSPS) is 17.6. The molecule has 1 atom stereocenters. The number of hydrogen-bond acceptors (Lipinski definition) is 3. The number of nitrogens with zero attached hydrogens (tertiary/aromatic N) is 2. The number of imidazole rings is 1. The van der Waals surface area contributed by atoms with Crippen molar-refractivity contribution in [2.75, 3.05) is 6.54 Å². The summed E-state index contributed by atoms with van der Waals surface area (Å²) in [6.45, 7) is 1.08. The second kappa shape index (κ2) is 6.55. The summed E-state index contributed by atoms with van der Waals surface area (Å²) >= 11 is 1.80. The van der Waals surface area contributed by atoms with Gasteiger partial charge in [0.1, 0.15) is 11.9 Å². The molecule has 108 valence electrons. The van der Waals surface area contributed by atoms with Gasteiger partial charge in [-0.25, -0.2) is 4.98 Å². The molecule has 3 nitrogen and oxygen atoms in total. The van der Waals surface area contributed by atoms with Crippen LogP contribution in [-0.4, -0.2) is 16.1 Å². The van der Waals surface area contributed by atoms with Crippen molar-refractivity contribution in [1.29, 1.82) is 0 Å². The molecule has 0 aromatic carbocycles. The first-order valence-electron chi connectivity index (χ1n) is 7.58. The average Bonchev–Trinajstić information content (AvgIpc) is 3.18. The molecule has 0 saturated heterocycles. The molecule has 1 N–H and O–H groups in total. The molecule has 1 saturated carbocycles. The highest BCUT2D eigenvalue weighted by Gasteiger charge is 2.20. The summed E-state index contributed by atoms with van der Waals surface area (Å²) in [5, 5.41) is 5.86. The third kappa shape index (κ3) is 3.13. The fourth-order valence-electron chi connectivity index (χ4n) is 3.16. The van der Waals surface area contributed by atoms with E-state index in [1.54, 1.807) is 11.3 Å². The van der Waals surface area contributed by atoms with Crippen LogP contribution in [0, 0.1) is 5.92 Å². The van der Waals surface area contributed by atoms with Gasteiger partial charge in [-0.2, -0.15) is 0 Å². The minimum absolute atomic E-state index is 0.233. The van der Waals surface area contributed by atoms with Crippen LogP contribution in [0.25, 0.3) is 0 Å². The van der Waals surface area contributed by atoms with E-state index in [1.807, 2.05) is 12.4 Å². The highest BCUT2D eigenvalue weighted by molar-refractivity contribution is 7.10. The smallest absolute Gasteiger partial charge is 0.131 e. The van der Waals surface area contributed by atoms with Crippen LogP contribution in [0.4, 0.5) is 0 Å². The summed E-state index contributed by atoms with van der Waals surface area (Å²) < 4.78 is 2.12. The number of nitrogens with one attached hydrogen (secondary N) is 1. The first-order chi connectivity index (χ1) is 9.84. The summed E-state index contributed by atoms with van der Waals surface area (Å²) in [7, 11) is 2.07. The van der Waals surface area contributed by atoms with Gasteiger partial charge in [-0.05, 0) is 30.3 Å². The molecule has 1 aliphatic carbocycles. The quantitative estimate of drug-likeness (QED) is 0.878. The zero-order chi connectivity index (χ0) is 13.8. The van der Waals surface area contributed by atoms with Crippen LogP contribution in [-0.2, 0) is 7.05 Å². The zero-order valence-electron chi connectivity index (χ0n) is 12.1. The maximum Gasteiger partial charge on any atom is 0.131 e. The summed E-state index contributed by atoms with van der Waals surface area (Å²) in [6, 6.07) is 4.55. The van der Waals surface area contributed by atoms with Crippen LogP contribution in [0.3, 0.4) is 0 Å². The van der Waals surface area contributed by atoms with E-state index < -0.39 is 0 Å². The lowest BCUT2D eigenvalue weighted by molar-refractivity contribution is 0.455. The molecule has 2 heterocycles. The zero-order valence-corrected chi connectivity index (χ0v) is 12.9. The Morgan fingerprint density at radius 3 is 2.95 bits per heavy atom. The maximum atomic E-state index is 4.53. The van der Waals surface area contributed by atoms with Crippen molar-refractivity contribution >= 4 is 11.3 Å². The number of rotatable bonds is 6. The Hall–Kier alpha value is -1.13. The molecule has 0 spiro atoms. The Kier molecular flexibility index (Phi) is 4.53. The van der Waals surface area contributed by atoms with Crippen molar-refractivity contribution in [2.24, 2.45) is 13.0 Å². The van der Waals surface area contributed by atoms with E-state index in [9.17, 15) is 0 Å². The lowest BCUT2D eigenvalue weighted by Crippen LogP contribution is -2.26. The van der Waals surface area contributed by atoms with Gasteiger partial charge in [0.15, 0.2) is 0 Å². The van der Waals surface area contributed by atoms with Crippen molar-refractivity contribution < 1.29 is 0 Å². The maximum absolute atomic E-state index is 4.53. The first kappa shape index (κ1) is 13.8. The molecule has 2 aromatic heterocycles. The Bertz CT molecular complexity index is 512. The second-order valence-corrected chi connectivity index (χ2v) is 6.72. The van der Waals surface area contributed by atoms with E-state index in [0.29, 0.717) is 0 Å². The fraction of sp³-hybridized carbons (Fsp3) is 0.562. The lowest BCUT2D eigenvalue weighted by atomic mass is 10.0. The minimum atomic E-state index is 0.233. The van der Waals surface area contributed by atoms with Gasteiger partial charge < -0.3 is 9.88 Å². The molecule has 3 rings (SSSR count). The van der Waals surface area contributed by atoms with Gasteiger partial charge >= 0.3 is 0 Å². The predicted octanol–water partition coefficient (Wildman–Crippen LogP) is 3.74. The molecule has 4 heteroatoms. The molecular weight excluding hydrogens is 266 g/mol. The number of aromatic nitrogens is 2. The average molecular weight is 289 g/mol. The largest absolute Gasteiger partial charge is 0.336 e. The van der Waals surface area contributed by atoms with Crippen molar-refractivity contribution in [3.63, 3.8) is 0 Å². The Balaban J connectivity index is 1.65. The Labute approximate surface area is 125 Å². The van der Waals surface area contributed by atoms with Gasteiger partial charge in [0.05, 0.1) is 0 Å². The molecular formula is C16H23N3S. The van der Waals surface area contributed by atoms with Crippen molar-refractivity contribution in [2.45, 2.75) is 38.1 Å². The van der Waals surface area contributed by atoms with E-state index in [1.165, 1.54) is 37.0 Å². The van der Waals surface area contributed by atoms with E-state index in [-0.39, 0.29) is 6.04 Å². The van der Waals surface area contributed by atoms with Crippen molar-refractivity contribution in [3.05, 3.63) is 40.6 Å². The Morgan fingerprint density at radius 1 is 1.45 bits per heavy atom. The van der Waals surface area contributed by atoms with Crippen LogP contribution in [0.1, 0.15) is 48.8 Å². The van der Waals surface area contributed by atoms with Crippen molar-refractivity contribution in [1.82, 2.24) is 14.9 Å². The number of hydrogen-bond donors (Lipinski definition) is 1. The molecule has 20 heavy (non-hydrogen) atoms. The molecule has 1 fully saturated rings. The van der Waals surface area contributed by atoms with Gasteiger partial charge in [0, 0.05) is 24.3 Å². The van der Waals surface area contributed by atoms with E-state index in [2.05, 4.69) is 39.4 Å². The molecule has 1 unspecified atom stereocenters. The topological polar surface area (TPSA) is 29.9 Å². The Morgan fingerprint density at radius 2 is 2.30 bits per heavy atom. The third-order valence-corrected chi connectivity index (χ3v) is 5.26. The summed E-state index contributed by atoms with van der Waals surface area (Å²) in [4.78, 5) is 5.88. The highest BCUT2D eigenvalue weighted by Crippen LogP contribution is 2.28. The molecule has 1 aliphatic rings. The monoisotopic (exact) mass is 289 g/mol. The fourth-order valence-corrected chi connectivity index (χ4v) is 3.96. The van der Waals surface area contributed by atoms with Crippen LogP contribution < -0.4 is 5.32 Å². The van der Waals surface area contributed by atoms with E-state index in [4.69, 9.17) is 0 Å². The third-order valence-electron chi connectivity index (χ3n) is 4.32. The summed E-state index contributed by atoms with van der Waals surface area (Å²) in [5.41, 5.74) is 0. The predicted molar refractivity (Wildman–Crippen MR) is 83.9 cm³/mol. The highest BCUT2D eigenvalue weighted by atomic mass is 32.1. The lowest BCUT2D eigenvalue weighted by Gasteiger charge is -2.18. The summed E-state index contributed by atoms with van der Waals surface area (Å²) in [6.07, 6.45) is 10.9. The van der Waals surface area contributed by atoms with Crippen LogP contribution in [0.2, 0.25) is 0 Å². The molecule has 0 radical (unpaired) electrons. The molecule has 2 aromatic rings. The van der Waals surface area contributed by atoms with Gasteiger partial charge in [0.25, 0.3) is 0 Å². The standard InChI is InChI=1S/C16H23N3S/c1-19-11-10-18-16(19)15(14-7-4-12-20-14)17-9-8-13-5-2-3-6-13/h4,7,10-13,15,17H,2-3,5-6,8-9H2,1H3. The van der Waals surface area contributed by atoms with Gasteiger partial charge in [-0.15, -0.1) is 11.3 Å². The number of aryl methyl sites for hydroxylation is 1. The van der Waals surface area contributed by atoms with Gasteiger partial charge in [0.2, 0.25) is 0 Å². The minimum Gasteiger partial charge on any atom is -0.336 e. The molecule has 0 bridgehead atoms. The number of thiophene rings is 1. The van der Waals surface area contributed by atoms with E-state index in [0.717, 1.165) is 18.3 Å². The SMILES string of the molecule is Cn1ccnc1C(NCCC1CCCC1)c1cccs1. The van der Waals surface area contributed by atoms with Crippen molar-refractivity contribution in [3.8, 4) is 0 Å². The van der Waals surface area contributed by atoms with Gasteiger partial charge in [-0.3, -0.25) is 0 Å². The first-order valence-corrected chi connectivity index (χ1v) is 8.46. The van der Waals surface area contributed by atoms with E-state index >= 15 is 0 Å². The van der Waals surface area contributed by atoms with Crippen LogP contribution in [0.15, 0.2) is 29.9 Å². The van der Waals surface area contributed by atoms with Crippen LogP contribution in [0.5, 0.6) is 0 Å². The second-order valence-electron chi connectivity index (χ2n) is 5.74.